The normalized spacial score (nSPS) is 20.1. The molecule has 0 bridgehead atoms. The van der Waals surface area contributed by atoms with E-state index in [0.717, 1.165) is 6.42 Å². The van der Waals surface area contributed by atoms with E-state index in [1.54, 1.807) is 28.6 Å². The number of nitrogens with zero attached hydrogens (tertiary/aromatic N) is 1. The standard InChI is InChI=1S/C17H20N2O3S/c1-17(16(21)18-12-13-4-2-10-22-13)8-9-19(17)15(20)7-6-14-5-3-11-23-14/h2-5,10-11H,6-9,12H2,1H3,(H,18,21). The summed E-state index contributed by atoms with van der Waals surface area (Å²) in [4.78, 5) is 27.7. The molecule has 2 aromatic rings. The first-order chi connectivity index (χ1) is 11.1. The molecular formula is C17H20N2O3S. The Balaban J connectivity index is 1.53. The molecule has 1 aliphatic rings. The average molecular weight is 332 g/mol. The predicted molar refractivity (Wildman–Crippen MR) is 87.9 cm³/mol. The largest absolute Gasteiger partial charge is 0.467 e. The molecule has 0 saturated carbocycles. The maximum atomic E-state index is 12.4. The van der Waals surface area contributed by atoms with Gasteiger partial charge in [0.25, 0.3) is 0 Å². The van der Waals surface area contributed by atoms with Crippen LogP contribution in [0.25, 0.3) is 0 Å². The van der Waals surface area contributed by atoms with Gasteiger partial charge in [-0.25, -0.2) is 0 Å². The van der Waals surface area contributed by atoms with Crippen LogP contribution in [-0.4, -0.2) is 28.8 Å². The highest BCUT2D eigenvalue weighted by Gasteiger charge is 2.48. The minimum Gasteiger partial charge on any atom is -0.467 e. The van der Waals surface area contributed by atoms with Gasteiger partial charge in [-0.05, 0) is 43.3 Å². The smallest absolute Gasteiger partial charge is 0.246 e. The van der Waals surface area contributed by atoms with Gasteiger partial charge in [-0.3, -0.25) is 9.59 Å². The number of likely N-dealkylation sites (tertiary alicyclic amines) is 1. The molecular weight excluding hydrogens is 312 g/mol. The van der Waals surface area contributed by atoms with Gasteiger partial charge in [0.1, 0.15) is 11.3 Å². The zero-order chi connectivity index (χ0) is 16.3. The van der Waals surface area contributed by atoms with E-state index in [1.807, 2.05) is 30.5 Å². The van der Waals surface area contributed by atoms with Crippen LogP contribution in [0, 0.1) is 0 Å². The molecule has 0 aromatic carbocycles. The number of hydrogen-bond donors (Lipinski definition) is 1. The zero-order valence-electron chi connectivity index (χ0n) is 13.1. The Morgan fingerprint density at radius 2 is 2.26 bits per heavy atom. The number of furan rings is 1. The van der Waals surface area contributed by atoms with Crippen LogP contribution in [-0.2, 0) is 22.6 Å². The fourth-order valence-corrected chi connectivity index (χ4v) is 3.49. The summed E-state index contributed by atoms with van der Waals surface area (Å²) in [6.07, 6.45) is 3.45. The minimum atomic E-state index is -0.737. The fourth-order valence-electron chi connectivity index (χ4n) is 2.79. The molecule has 2 aromatic heterocycles. The van der Waals surface area contributed by atoms with E-state index in [-0.39, 0.29) is 11.8 Å². The minimum absolute atomic E-state index is 0.0419. The SMILES string of the molecule is CC1(C(=O)NCc2ccco2)CCN1C(=O)CCc1cccs1. The summed E-state index contributed by atoms with van der Waals surface area (Å²) in [5.74, 6) is 0.627. The van der Waals surface area contributed by atoms with Gasteiger partial charge in [-0.1, -0.05) is 6.07 Å². The number of aryl methyl sites for hydroxylation is 1. The molecule has 0 radical (unpaired) electrons. The first-order valence-electron chi connectivity index (χ1n) is 7.73. The second kappa shape index (κ2) is 6.58. The average Bonchev–Trinajstić information content (AvgIpc) is 3.21. The predicted octanol–water partition coefficient (Wildman–Crippen LogP) is 2.58. The molecule has 1 atom stereocenters. The van der Waals surface area contributed by atoms with E-state index in [2.05, 4.69) is 5.32 Å². The van der Waals surface area contributed by atoms with Gasteiger partial charge in [-0.2, -0.15) is 0 Å². The number of amides is 2. The number of thiophene rings is 1. The van der Waals surface area contributed by atoms with Crippen molar-refractivity contribution in [3.8, 4) is 0 Å². The van der Waals surface area contributed by atoms with Crippen LogP contribution in [0.4, 0.5) is 0 Å². The van der Waals surface area contributed by atoms with Crippen molar-refractivity contribution in [3.63, 3.8) is 0 Å². The number of nitrogens with one attached hydrogen (secondary N) is 1. The molecule has 122 valence electrons. The van der Waals surface area contributed by atoms with Crippen LogP contribution < -0.4 is 5.32 Å². The van der Waals surface area contributed by atoms with E-state index in [0.29, 0.717) is 31.7 Å². The molecule has 5 nitrogen and oxygen atoms in total. The summed E-state index contributed by atoms with van der Waals surface area (Å²) >= 11 is 1.65. The van der Waals surface area contributed by atoms with E-state index >= 15 is 0 Å². The maximum Gasteiger partial charge on any atom is 0.246 e. The molecule has 1 saturated heterocycles. The van der Waals surface area contributed by atoms with E-state index < -0.39 is 5.54 Å². The zero-order valence-corrected chi connectivity index (χ0v) is 13.9. The Morgan fingerprint density at radius 3 is 2.87 bits per heavy atom. The molecule has 1 aliphatic heterocycles. The highest BCUT2D eigenvalue weighted by atomic mass is 32.1. The van der Waals surface area contributed by atoms with Crippen molar-refractivity contribution in [2.75, 3.05) is 6.54 Å². The molecule has 3 rings (SSSR count). The van der Waals surface area contributed by atoms with Crippen LogP contribution in [0.3, 0.4) is 0 Å². The van der Waals surface area contributed by atoms with Crippen LogP contribution in [0.5, 0.6) is 0 Å². The molecule has 2 amide bonds. The van der Waals surface area contributed by atoms with Gasteiger partial charge in [0.15, 0.2) is 0 Å². The second-order valence-electron chi connectivity index (χ2n) is 5.91. The Kier molecular flexibility index (Phi) is 4.52. The molecule has 0 aliphatic carbocycles. The van der Waals surface area contributed by atoms with Gasteiger partial charge in [-0.15, -0.1) is 11.3 Å². The van der Waals surface area contributed by atoms with Crippen molar-refractivity contribution in [2.24, 2.45) is 0 Å². The van der Waals surface area contributed by atoms with Crippen molar-refractivity contribution in [2.45, 2.75) is 38.3 Å². The number of carbonyl (C=O) groups excluding carboxylic acids is 2. The Hall–Kier alpha value is -2.08. The Morgan fingerprint density at radius 1 is 1.39 bits per heavy atom. The van der Waals surface area contributed by atoms with Gasteiger partial charge >= 0.3 is 0 Å². The van der Waals surface area contributed by atoms with Crippen molar-refractivity contribution in [1.29, 1.82) is 0 Å². The number of rotatable bonds is 6. The van der Waals surface area contributed by atoms with Gasteiger partial charge in [0, 0.05) is 17.8 Å². The van der Waals surface area contributed by atoms with Crippen LogP contribution >= 0.6 is 11.3 Å². The highest BCUT2D eigenvalue weighted by Crippen LogP contribution is 2.31. The summed E-state index contributed by atoms with van der Waals surface area (Å²) in [5, 5.41) is 4.87. The third-order valence-corrected chi connectivity index (χ3v) is 5.31. The van der Waals surface area contributed by atoms with Crippen molar-refractivity contribution in [3.05, 3.63) is 46.5 Å². The second-order valence-corrected chi connectivity index (χ2v) is 6.94. The molecule has 23 heavy (non-hydrogen) atoms. The molecule has 1 fully saturated rings. The first-order valence-corrected chi connectivity index (χ1v) is 8.61. The molecule has 1 unspecified atom stereocenters. The van der Waals surface area contributed by atoms with Gasteiger partial charge in [0.2, 0.25) is 11.8 Å². The van der Waals surface area contributed by atoms with Gasteiger partial charge < -0.3 is 14.6 Å². The highest BCUT2D eigenvalue weighted by molar-refractivity contribution is 7.09. The van der Waals surface area contributed by atoms with Gasteiger partial charge in [0.05, 0.1) is 12.8 Å². The summed E-state index contributed by atoms with van der Waals surface area (Å²) < 4.78 is 5.21. The lowest BCUT2D eigenvalue weighted by molar-refractivity contribution is -0.157. The lowest BCUT2D eigenvalue weighted by Gasteiger charge is -2.49. The lowest BCUT2D eigenvalue weighted by atomic mass is 9.85. The monoisotopic (exact) mass is 332 g/mol. The third-order valence-electron chi connectivity index (χ3n) is 4.38. The number of carbonyl (C=O) groups is 2. The van der Waals surface area contributed by atoms with E-state index in [9.17, 15) is 9.59 Å². The summed E-state index contributed by atoms with van der Waals surface area (Å²) in [5.41, 5.74) is -0.737. The molecule has 3 heterocycles. The van der Waals surface area contributed by atoms with Crippen LogP contribution in [0.15, 0.2) is 40.3 Å². The van der Waals surface area contributed by atoms with Crippen molar-refractivity contribution in [1.82, 2.24) is 10.2 Å². The van der Waals surface area contributed by atoms with Crippen LogP contribution in [0.2, 0.25) is 0 Å². The summed E-state index contributed by atoms with van der Waals surface area (Å²) in [6.45, 7) is 2.82. The quantitative estimate of drug-likeness (QED) is 0.884. The Labute approximate surface area is 139 Å². The molecule has 6 heteroatoms. The number of hydrogen-bond acceptors (Lipinski definition) is 4. The Bertz CT molecular complexity index is 666. The van der Waals surface area contributed by atoms with Crippen LogP contribution in [0.1, 0.15) is 30.4 Å². The van der Waals surface area contributed by atoms with E-state index in [4.69, 9.17) is 4.42 Å². The topological polar surface area (TPSA) is 62.6 Å². The summed E-state index contributed by atoms with van der Waals surface area (Å²) in [6, 6.07) is 7.61. The fraction of sp³-hybridized carbons (Fsp3) is 0.412. The maximum absolute atomic E-state index is 12.4. The van der Waals surface area contributed by atoms with E-state index in [1.165, 1.54) is 4.88 Å². The third kappa shape index (κ3) is 3.32. The van der Waals surface area contributed by atoms with Crippen molar-refractivity contribution < 1.29 is 14.0 Å². The summed E-state index contributed by atoms with van der Waals surface area (Å²) in [7, 11) is 0. The first kappa shape index (κ1) is 15.8. The lowest BCUT2D eigenvalue weighted by Crippen LogP contribution is -2.67. The molecule has 1 N–H and O–H groups in total. The van der Waals surface area contributed by atoms with Crippen molar-refractivity contribution >= 4 is 23.2 Å². The molecule has 0 spiro atoms.